The third-order valence-electron chi connectivity index (χ3n) is 2.66. The molecule has 0 aliphatic rings. The van der Waals surface area contributed by atoms with Gasteiger partial charge in [0.15, 0.2) is 0 Å². The summed E-state index contributed by atoms with van der Waals surface area (Å²) in [6, 6.07) is 0. The highest BCUT2D eigenvalue weighted by molar-refractivity contribution is 5.91. The van der Waals surface area contributed by atoms with Crippen molar-refractivity contribution in [2.24, 2.45) is 5.41 Å². The van der Waals surface area contributed by atoms with Gasteiger partial charge in [-0.05, 0) is 32.1 Å². The number of hydrogen-bond donors (Lipinski definition) is 1. The van der Waals surface area contributed by atoms with Gasteiger partial charge in [-0.25, -0.2) is 0 Å². The normalized spacial score (nSPS) is 12.9. The second-order valence-corrected chi connectivity index (χ2v) is 6.36. The van der Waals surface area contributed by atoms with E-state index in [2.05, 4.69) is 39.2 Å². The van der Waals surface area contributed by atoms with Crippen LogP contribution < -0.4 is 5.32 Å². The molecule has 1 N–H and O–H groups in total. The van der Waals surface area contributed by atoms with Crippen molar-refractivity contribution in [2.75, 3.05) is 13.2 Å². The lowest BCUT2D eigenvalue weighted by Crippen LogP contribution is -2.27. The Morgan fingerprint density at radius 1 is 1.26 bits per heavy atom. The molecule has 1 amide bonds. The van der Waals surface area contributed by atoms with E-state index in [-0.39, 0.29) is 17.4 Å². The molecule has 0 aliphatic heterocycles. The summed E-state index contributed by atoms with van der Waals surface area (Å²) in [6.07, 6.45) is 1.85. The molecular weight excluding hydrogens is 238 g/mol. The fraction of sp³-hybridized carbons (Fsp3) is 0.688. The number of amides is 1. The van der Waals surface area contributed by atoms with E-state index in [0.717, 1.165) is 18.4 Å². The van der Waals surface area contributed by atoms with Crippen LogP contribution in [0.25, 0.3) is 0 Å². The van der Waals surface area contributed by atoms with Crippen LogP contribution >= 0.6 is 0 Å². The first kappa shape index (κ1) is 17.9. The van der Waals surface area contributed by atoms with Crippen molar-refractivity contribution >= 4 is 5.91 Å². The van der Waals surface area contributed by atoms with Crippen LogP contribution in [0.2, 0.25) is 0 Å². The Morgan fingerprint density at radius 3 is 2.26 bits per heavy atom. The Labute approximate surface area is 118 Å². The van der Waals surface area contributed by atoms with Gasteiger partial charge in [-0.3, -0.25) is 4.79 Å². The number of nitrogens with one attached hydrogen (secondary N) is 1. The minimum absolute atomic E-state index is 0.0915. The molecule has 0 rings (SSSR count). The van der Waals surface area contributed by atoms with Gasteiger partial charge in [-0.15, -0.1) is 0 Å². The van der Waals surface area contributed by atoms with E-state index in [9.17, 15) is 4.79 Å². The van der Waals surface area contributed by atoms with Crippen LogP contribution in [-0.2, 0) is 9.53 Å². The maximum atomic E-state index is 11.3. The summed E-state index contributed by atoms with van der Waals surface area (Å²) in [6.45, 7) is 19.1. The SMILES string of the molecule is C=C(C)C(=O)NCCCOC(CC(C)(C)C)C(=C)C. The molecule has 0 aliphatic carbocycles. The molecule has 0 aromatic heterocycles. The van der Waals surface area contributed by atoms with Crippen molar-refractivity contribution in [3.05, 3.63) is 24.3 Å². The highest BCUT2D eigenvalue weighted by Gasteiger charge is 2.19. The van der Waals surface area contributed by atoms with Crippen LogP contribution in [0.1, 0.15) is 47.5 Å². The zero-order valence-electron chi connectivity index (χ0n) is 13.1. The number of carbonyl (C=O) groups is 1. The first-order chi connectivity index (χ1) is 8.63. The van der Waals surface area contributed by atoms with Crippen molar-refractivity contribution in [1.29, 1.82) is 0 Å². The second-order valence-electron chi connectivity index (χ2n) is 6.36. The lowest BCUT2D eigenvalue weighted by atomic mass is 9.87. The number of rotatable bonds is 8. The lowest BCUT2D eigenvalue weighted by molar-refractivity contribution is -0.117. The van der Waals surface area contributed by atoms with Crippen LogP contribution in [0, 0.1) is 5.41 Å². The zero-order valence-corrected chi connectivity index (χ0v) is 13.1. The summed E-state index contributed by atoms with van der Waals surface area (Å²) >= 11 is 0. The van der Waals surface area contributed by atoms with Crippen LogP contribution in [0.3, 0.4) is 0 Å². The zero-order chi connectivity index (χ0) is 15.1. The third-order valence-corrected chi connectivity index (χ3v) is 2.66. The summed E-state index contributed by atoms with van der Waals surface area (Å²) in [5.74, 6) is -0.0915. The predicted molar refractivity (Wildman–Crippen MR) is 81.1 cm³/mol. The van der Waals surface area contributed by atoms with Crippen molar-refractivity contribution < 1.29 is 9.53 Å². The van der Waals surface area contributed by atoms with E-state index in [0.29, 0.717) is 18.7 Å². The summed E-state index contributed by atoms with van der Waals surface area (Å²) < 4.78 is 5.85. The van der Waals surface area contributed by atoms with E-state index in [1.165, 1.54) is 0 Å². The number of ether oxygens (including phenoxy) is 1. The quantitative estimate of drug-likeness (QED) is 0.415. The molecule has 110 valence electrons. The van der Waals surface area contributed by atoms with Crippen LogP contribution in [-0.4, -0.2) is 25.2 Å². The predicted octanol–water partition coefficient (Wildman–Crippen LogP) is 3.47. The smallest absolute Gasteiger partial charge is 0.246 e. The van der Waals surface area contributed by atoms with Gasteiger partial charge in [0.2, 0.25) is 5.91 Å². The highest BCUT2D eigenvalue weighted by atomic mass is 16.5. The standard InChI is InChI=1S/C16H29NO2/c1-12(2)14(11-16(5,6)7)19-10-8-9-17-15(18)13(3)4/h14H,1,3,8-11H2,2,4-7H3,(H,17,18). The number of carbonyl (C=O) groups excluding carboxylic acids is 1. The van der Waals surface area contributed by atoms with Gasteiger partial charge >= 0.3 is 0 Å². The molecule has 0 fully saturated rings. The molecule has 0 radical (unpaired) electrons. The minimum Gasteiger partial charge on any atom is -0.374 e. The summed E-state index contributed by atoms with van der Waals surface area (Å²) in [7, 11) is 0. The summed E-state index contributed by atoms with van der Waals surface area (Å²) in [4.78, 5) is 11.3. The van der Waals surface area contributed by atoms with Crippen molar-refractivity contribution in [3.8, 4) is 0 Å². The van der Waals surface area contributed by atoms with Crippen molar-refractivity contribution in [3.63, 3.8) is 0 Å². The molecule has 19 heavy (non-hydrogen) atoms. The summed E-state index contributed by atoms with van der Waals surface area (Å²) in [5, 5.41) is 2.79. The highest BCUT2D eigenvalue weighted by Crippen LogP contribution is 2.25. The molecule has 0 aromatic carbocycles. The van der Waals surface area contributed by atoms with Gasteiger partial charge in [-0.2, -0.15) is 0 Å². The molecule has 0 bridgehead atoms. The molecule has 0 saturated carbocycles. The van der Waals surface area contributed by atoms with Gasteiger partial charge in [0.05, 0.1) is 6.10 Å². The molecule has 0 spiro atoms. The van der Waals surface area contributed by atoms with E-state index in [1.807, 2.05) is 6.92 Å². The van der Waals surface area contributed by atoms with Gasteiger partial charge in [0, 0.05) is 18.7 Å². The van der Waals surface area contributed by atoms with E-state index in [1.54, 1.807) is 6.92 Å². The molecule has 0 aromatic rings. The van der Waals surface area contributed by atoms with Gasteiger partial charge < -0.3 is 10.1 Å². The Kier molecular flexibility index (Phi) is 7.69. The third kappa shape index (κ3) is 9.48. The molecule has 3 nitrogen and oxygen atoms in total. The maximum Gasteiger partial charge on any atom is 0.246 e. The molecule has 1 atom stereocenters. The lowest BCUT2D eigenvalue weighted by Gasteiger charge is -2.26. The van der Waals surface area contributed by atoms with Gasteiger partial charge in [-0.1, -0.05) is 39.5 Å². The van der Waals surface area contributed by atoms with E-state index in [4.69, 9.17) is 4.74 Å². The van der Waals surface area contributed by atoms with Crippen molar-refractivity contribution in [2.45, 2.75) is 53.6 Å². The Hall–Kier alpha value is -1.09. The average Bonchev–Trinajstić information content (AvgIpc) is 2.24. The Balaban J connectivity index is 3.92. The fourth-order valence-corrected chi connectivity index (χ4v) is 1.58. The summed E-state index contributed by atoms with van der Waals surface area (Å²) in [5.41, 5.74) is 1.81. The average molecular weight is 267 g/mol. The largest absolute Gasteiger partial charge is 0.374 e. The molecule has 1 unspecified atom stereocenters. The fourth-order valence-electron chi connectivity index (χ4n) is 1.58. The molecule has 3 heteroatoms. The minimum atomic E-state index is -0.0915. The Bertz CT molecular complexity index is 326. The van der Waals surface area contributed by atoms with Crippen LogP contribution in [0.4, 0.5) is 0 Å². The molecule has 0 heterocycles. The monoisotopic (exact) mass is 267 g/mol. The topological polar surface area (TPSA) is 38.3 Å². The second kappa shape index (κ2) is 8.16. The van der Waals surface area contributed by atoms with Gasteiger partial charge in [0.1, 0.15) is 0 Å². The van der Waals surface area contributed by atoms with E-state index >= 15 is 0 Å². The van der Waals surface area contributed by atoms with Gasteiger partial charge in [0.25, 0.3) is 0 Å². The van der Waals surface area contributed by atoms with Crippen LogP contribution in [0.15, 0.2) is 24.3 Å². The van der Waals surface area contributed by atoms with E-state index < -0.39 is 0 Å². The maximum absolute atomic E-state index is 11.3. The molecular formula is C16H29NO2. The molecule has 0 saturated heterocycles. The number of hydrogen-bond acceptors (Lipinski definition) is 2. The van der Waals surface area contributed by atoms with Crippen molar-refractivity contribution in [1.82, 2.24) is 5.32 Å². The van der Waals surface area contributed by atoms with Crippen LogP contribution in [0.5, 0.6) is 0 Å². The first-order valence-corrected chi connectivity index (χ1v) is 6.84. The Morgan fingerprint density at radius 2 is 1.84 bits per heavy atom. The first-order valence-electron chi connectivity index (χ1n) is 6.84.